The second kappa shape index (κ2) is 16.3. The van der Waals surface area contributed by atoms with Gasteiger partial charge in [0.05, 0.1) is 16.9 Å². The number of aromatic nitrogens is 2. The minimum absolute atomic E-state index is 0. The molecule has 2 amide bonds. The Morgan fingerprint density at radius 3 is 2.60 bits per heavy atom. The van der Waals surface area contributed by atoms with Crippen LogP contribution in [-0.2, 0) is 21.4 Å². The monoisotopic (exact) mass is 799 g/mol. The third kappa shape index (κ3) is 8.07. The molecule has 1 atom stereocenters. The lowest BCUT2D eigenvalue weighted by atomic mass is 10.1. The van der Waals surface area contributed by atoms with E-state index in [9.17, 15) is 18.0 Å². The molecule has 48 heavy (non-hydrogen) atoms. The van der Waals surface area contributed by atoms with Crippen molar-refractivity contribution in [1.29, 1.82) is 0 Å². The van der Waals surface area contributed by atoms with Crippen molar-refractivity contribution in [3.05, 3.63) is 91.8 Å². The van der Waals surface area contributed by atoms with Gasteiger partial charge in [0.15, 0.2) is 11.4 Å². The number of nitrogens with two attached hydrogens (primary N) is 1. The van der Waals surface area contributed by atoms with Gasteiger partial charge in [0.25, 0.3) is 5.91 Å². The van der Waals surface area contributed by atoms with Crippen LogP contribution in [0.3, 0.4) is 0 Å². The standard InChI is InChI=1S/C31H32BrCl2N7O5S.ClH/c1-19-28(32)40-15-3-6-25(29(40)39-19)46-18-22-23(33)11-12-26(27(22)34)47(44,45)41-16-2-5-24(41)31(43)37-14-4-13-36-30(42)21-9-7-20(8-10-21)17-38-35;/h3,6-12,15,17,24H,2,4-5,13-14,16,18,35H2,1H3,(H,36,42)(H,37,43);1H/t24-;/m0./s1. The van der Waals surface area contributed by atoms with E-state index in [0.717, 1.165) is 15.9 Å². The molecule has 0 bridgehead atoms. The van der Waals surface area contributed by atoms with Crippen molar-refractivity contribution in [3.63, 3.8) is 0 Å². The minimum atomic E-state index is -4.18. The molecule has 17 heteroatoms. The van der Waals surface area contributed by atoms with Crippen molar-refractivity contribution < 1.29 is 22.7 Å². The SMILES string of the molecule is Cc1nc2c(OCc3c(Cl)ccc(S(=O)(=O)N4CCC[C@H]4C(=O)NCCCNC(=O)c4ccc(C=NN)cc4)c3Cl)cccn2c1Br.Cl. The molecule has 0 radical (unpaired) electrons. The number of hydrazone groups is 1. The molecule has 5 rings (SSSR count). The Morgan fingerprint density at radius 2 is 1.88 bits per heavy atom. The van der Waals surface area contributed by atoms with Crippen LogP contribution in [0.1, 0.15) is 46.4 Å². The number of fused-ring (bicyclic) bond motifs is 1. The summed E-state index contributed by atoms with van der Waals surface area (Å²) in [4.78, 5) is 29.9. The Kier molecular flexibility index (Phi) is 12.7. The van der Waals surface area contributed by atoms with Crippen LogP contribution in [0.4, 0.5) is 0 Å². The molecule has 12 nitrogen and oxygen atoms in total. The summed E-state index contributed by atoms with van der Waals surface area (Å²) in [5, 5.41) is 9.21. The van der Waals surface area contributed by atoms with Crippen molar-refractivity contribution in [2.45, 2.75) is 43.7 Å². The molecule has 0 unspecified atom stereocenters. The molecule has 4 aromatic rings. The van der Waals surface area contributed by atoms with Crippen LogP contribution in [-0.4, -0.2) is 65.8 Å². The number of amides is 2. The Bertz CT molecular complexity index is 1940. The highest BCUT2D eigenvalue weighted by Gasteiger charge is 2.40. The minimum Gasteiger partial charge on any atom is -0.485 e. The van der Waals surface area contributed by atoms with Gasteiger partial charge in [-0.05, 0) is 84.1 Å². The van der Waals surface area contributed by atoms with Crippen molar-refractivity contribution in [2.75, 3.05) is 19.6 Å². The molecule has 2 aromatic heterocycles. The maximum absolute atomic E-state index is 13.9. The topological polar surface area (TPSA) is 160 Å². The van der Waals surface area contributed by atoms with Gasteiger partial charge >= 0.3 is 0 Å². The molecule has 1 saturated heterocycles. The second-order valence-corrected chi connectivity index (χ2v) is 14.2. The van der Waals surface area contributed by atoms with E-state index in [0.29, 0.717) is 48.3 Å². The number of pyridine rings is 1. The number of aryl methyl sites for hydroxylation is 1. The summed E-state index contributed by atoms with van der Waals surface area (Å²) in [6.45, 7) is 2.47. The Hall–Kier alpha value is -3.40. The number of halogens is 4. The van der Waals surface area contributed by atoms with Gasteiger partial charge < -0.3 is 21.2 Å². The number of carbonyl (C=O) groups excluding carboxylic acids is 2. The van der Waals surface area contributed by atoms with E-state index in [2.05, 4.69) is 36.6 Å². The molecular weight excluding hydrogens is 769 g/mol. The predicted octanol–water partition coefficient (Wildman–Crippen LogP) is 5.09. The number of hydrogen-bond acceptors (Lipinski definition) is 8. The van der Waals surface area contributed by atoms with Crippen LogP contribution in [0.25, 0.3) is 5.65 Å². The molecule has 0 spiro atoms. The fourth-order valence-corrected chi connectivity index (χ4v) is 8.14. The molecule has 2 aromatic carbocycles. The number of sulfonamides is 1. The van der Waals surface area contributed by atoms with Crippen LogP contribution < -0.4 is 21.2 Å². The highest BCUT2D eigenvalue weighted by Crippen LogP contribution is 2.36. The maximum atomic E-state index is 13.9. The van der Waals surface area contributed by atoms with E-state index in [1.54, 1.807) is 36.4 Å². The van der Waals surface area contributed by atoms with Gasteiger partial charge in [-0.15, -0.1) is 12.4 Å². The van der Waals surface area contributed by atoms with Gasteiger partial charge in [0.1, 0.15) is 22.1 Å². The van der Waals surface area contributed by atoms with E-state index in [1.807, 2.05) is 17.5 Å². The smallest absolute Gasteiger partial charge is 0.251 e. The first-order valence-electron chi connectivity index (χ1n) is 14.7. The van der Waals surface area contributed by atoms with Gasteiger partial charge in [0, 0.05) is 42.0 Å². The van der Waals surface area contributed by atoms with Crippen molar-refractivity contribution in [2.24, 2.45) is 10.9 Å². The summed E-state index contributed by atoms with van der Waals surface area (Å²) in [7, 11) is -4.18. The first kappa shape index (κ1) is 37.4. The van der Waals surface area contributed by atoms with Crippen molar-refractivity contribution >= 4 is 85.2 Å². The van der Waals surface area contributed by atoms with Gasteiger partial charge in [-0.2, -0.15) is 9.41 Å². The fourth-order valence-electron chi connectivity index (χ4n) is 5.24. The Balaban J connectivity index is 0.00000520. The number of carbonyl (C=O) groups is 2. The fraction of sp³-hybridized carbons (Fsp3) is 0.290. The highest BCUT2D eigenvalue weighted by molar-refractivity contribution is 9.10. The molecule has 3 heterocycles. The summed E-state index contributed by atoms with van der Waals surface area (Å²) in [5.41, 5.74) is 2.89. The van der Waals surface area contributed by atoms with Gasteiger partial charge in [-0.1, -0.05) is 35.3 Å². The van der Waals surface area contributed by atoms with E-state index in [-0.39, 0.29) is 53.0 Å². The summed E-state index contributed by atoms with van der Waals surface area (Å²) >= 11 is 16.6. The van der Waals surface area contributed by atoms with Gasteiger partial charge in [-0.3, -0.25) is 14.0 Å². The molecule has 0 saturated carbocycles. The average Bonchev–Trinajstić information content (AvgIpc) is 3.67. The molecule has 4 N–H and O–H groups in total. The third-order valence-electron chi connectivity index (χ3n) is 7.67. The Labute approximate surface area is 302 Å². The van der Waals surface area contributed by atoms with Crippen LogP contribution >= 0.6 is 51.5 Å². The largest absolute Gasteiger partial charge is 0.485 e. The Morgan fingerprint density at radius 1 is 1.15 bits per heavy atom. The second-order valence-electron chi connectivity index (χ2n) is 10.8. The predicted molar refractivity (Wildman–Crippen MR) is 191 cm³/mol. The highest BCUT2D eigenvalue weighted by atomic mass is 79.9. The molecular formula is C31H33BrCl3N7O5S. The lowest BCUT2D eigenvalue weighted by Gasteiger charge is -2.24. The zero-order chi connectivity index (χ0) is 33.7. The number of benzene rings is 2. The first-order valence-corrected chi connectivity index (χ1v) is 17.7. The summed E-state index contributed by atoms with van der Waals surface area (Å²) in [5.74, 6) is 4.93. The molecule has 256 valence electrons. The van der Waals surface area contributed by atoms with Crippen LogP contribution in [0.5, 0.6) is 5.75 Å². The maximum Gasteiger partial charge on any atom is 0.251 e. The number of nitrogens with zero attached hydrogens (tertiary/aromatic N) is 4. The van der Waals surface area contributed by atoms with Gasteiger partial charge in [-0.25, -0.2) is 13.4 Å². The number of rotatable bonds is 12. The van der Waals surface area contributed by atoms with Gasteiger partial charge in [0.2, 0.25) is 15.9 Å². The molecule has 0 aliphatic carbocycles. The number of hydrogen-bond donors (Lipinski definition) is 3. The van der Waals surface area contributed by atoms with E-state index in [1.165, 1.54) is 22.7 Å². The first-order chi connectivity index (χ1) is 22.5. The lowest BCUT2D eigenvalue weighted by Crippen LogP contribution is -2.46. The third-order valence-corrected chi connectivity index (χ3v) is 11.5. The van der Waals surface area contributed by atoms with Crippen LogP contribution in [0.2, 0.25) is 10.0 Å². The molecule has 1 aliphatic heterocycles. The van der Waals surface area contributed by atoms with E-state index in [4.69, 9.17) is 33.8 Å². The van der Waals surface area contributed by atoms with Crippen LogP contribution in [0, 0.1) is 6.92 Å². The summed E-state index contributed by atoms with van der Waals surface area (Å²) < 4.78 is 37.5. The average molecular weight is 802 g/mol. The number of nitrogens with one attached hydrogen (secondary N) is 2. The summed E-state index contributed by atoms with van der Waals surface area (Å²) in [6, 6.07) is 12.2. The summed E-state index contributed by atoms with van der Waals surface area (Å²) in [6.07, 6.45) is 4.63. The van der Waals surface area contributed by atoms with Crippen molar-refractivity contribution in [1.82, 2.24) is 24.3 Å². The normalized spacial score (nSPS) is 15.0. The molecule has 1 fully saturated rings. The van der Waals surface area contributed by atoms with E-state index >= 15 is 0 Å². The van der Waals surface area contributed by atoms with Crippen molar-refractivity contribution in [3.8, 4) is 5.75 Å². The number of imidazole rings is 1. The molecule has 1 aliphatic rings. The number of ether oxygens (including phenoxy) is 1. The van der Waals surface area contributed by atoms with E-state index < -0.39 is 22.0 Å². The lowest BCUT2D eigenvalue weighted by molar-refractivity contribution is -0.124. The zero-order valence-electron chi connectivity index (χ0n) is 25.7. The zero-order valence-corrected chi connectivity index (χ0v) is 30.4. The quantitative estimate of drug-likeness (QED) is 0.0779. The van der Waals surface area contributed by atoms with Crippen LogP contribution in [0.15, 0.2) is 69.3 Å².